The fourth-order valence-corrected chi connectivity index (χ4v) is 2.99. The molecule has 5 heteroatoms. The maximum atomic E-state index is 12.7. The molecule has 24 heavy (non-hydrogen) atoms. The number of likely N-dealkylation sites (N-methyl/N-ethyl adjacent to an activating group) is 1. The van der Waals surface area contributed by atoms with E-state index in [0.717, 1.165) is 5.69 Å². The average molecular weight is 324 g/mol. The van der Waals surface area contributed by atoms with Crippen LogP contribution >= 0.6 is 0 Å². The first-order valence-electron chi connectivity index (χ1n) is 7.89. The van der Waals surface area contributed by atoms with Crippen molar-refractivity contribution in [2.24, 2.45) is 0 Å². The number of ether oxygens (including phenoxy) is 1. The number of hydrogen-bond donors (Lipinski definition) is 0. The smallest absolute Gasteiger partial charge is 0.254 e. The quantitative estimate of drug-likeness (QED) is 0.868. The number of nitrogens with zero attached hydrogens (tertiary/aromatic N) is 2. The molecule has 2 aromatic carbocycles. The lowest BCUT2D eigenvalue weighted by Crippen LogP contribution is -2.43. The highest BCUT2D eigenvalue weighted by molar-refractivity contribution is 6.03. The Balaban J connectivity index is 1.76. The molecule has 2 aromatic rings. The van der Waals surface area contributed by atoms with Gasteiger partial charge in [-0.3, -0.25) is 9.59 Å². The first kappa shape index (κ1) is 16.1. The van der Waals surface area contributed by atoms with E-state index >= 15 is 0 Å². The third-order valence-electron chi connectivity index (χ3n) is 4.35. The Bertz CT molecular complexity index is 745. The van der Waals surface area contributed by atoms with E-state index in [1.807, 2.05) is 30.3 Å². The first-order chi connectivity index (χ1) is 11.6. The maximum Gasteiger partial charge on any atom is 0.254 e. The lowest BCUT2D eigenvalue weighted by Gasteiger charge is -2.24. The molecule has 0 unspecified atom stereocenters. The monoisotopic (exact) mass is 324 g/mol. The van der Waals surface area contributed by atoms with Gasteiger partial charge in [-0.15, -0.1) is 0 Å². The number of carbonyl (C=O) groups is 2. The Labute approximate surface area is 141 Å². The minimum absolute atomic E-state index is 0.0417. The summed E-state index contributed by atoms with van der Waals surface area (Å²) < 4.78 is 5.16. The van der Waals surface area contributed by atoms with E-state index in [1.165, 1.54) is 4.90 Å². The van der Waals surface area contributed by atoms with Crippen LogP contribution in [0.2, 0.25) is 0 Å². The zero-order valence-corrected chi connectivity index (χ0v) is 13.8. The highest BCUT2D eigenvalue weighted by atomic mass is 16.5. The van der Waals surface area contributed by atoms with Crippen LogP contribution in [0.1, 0.15) is 16.8 Å². The van der Waals surface area contributed by atoms with Crippen molar-refractivity contribution in [3.8, 4) is 5.75 Å². The van der Waals surface area contributed by atoms with Crippen molar-refractivity contribution in [2.75, 3.05) is 25.6 Å². The lowest BCUT2D eigenvalue weighted by molar-refractivity contribution is -0.120. The number of rotatable bonds is 4. The third-order valence-corrected chi connectivity index (χ3v) is 4.35. The van der Waals surface area contributed by atoms with Crippen molar-refractivity contribution in [3.05, 3.63) is 60.2 Å². The molecule has 0 aromatic heterocycles. The molecule has 5 nitrogen and oxygen atoms in total. The van der Waals surface area contributed by atoms with Crippen molar-refractivity contribution >= 4 is 17.5 Å². The maximum absolute atomic E-state index is 12.7. The van der Waals surface area contributed by atoms with Gasteiger partial charge in [0, 0.05) is 24.8 Å². The molecule has 1 atom stereocenters. The van der Waals surface area contributed by atoms with Crippen molar-refractivity contribution in [1.82, 2.24) is 4.90 Å². The molecule has 0 bridgehead atoms. The molecular weight excluding hydrogens is 304 g/mol. The summed E-state index contributed by atoms with van der Waals surface area (Å²) in [4.78, 5) is 28.7. The SMILES string of the molecule is COc1cccc(C(=O)N(C)[C@@H]2CCN(c3ccccc3)C2=O)c1. The molecule has 0 saturated carbocycles. The van der Waals surface area contributed by atoms with Crippen molar-refractivity contribution < 1.29 is 14.3 Å². The van der Waals surface area contributed by atoms with Crippen molar-refractivity contribution in [3.63, 3.8) is 0 Å². The highest BCUT2D eigenvalue weighted by Crippen LogP contribution is 2.25. The van der Waals surface area contributed by atoms with E-state index in [4.69, 9.17) is 4.74 Å². The van der Waals surface area contributed by atoms with Gasteiger partial charge in [-0.1, -0.05) is 24.3 Å². The normalized spacial score (nSPS) is 17.0. The number of methoxy groups -OCH3 is 1. The summed E-state index contributed by atoms with van der Waals surface area (Å²) in [5.74, 6) is 0.403. The minimum atomic E-state index is -0.441. The Hall–Kier alpha value is -2.82. The molecule has 0 radical (unpaired) electrons. The predicted octanol–water partition coefficient (Wildman–Crippen LogP) is 2.57. The van der Waals surface area contributed by atoms with Gasteiger partial charge in [0.25, 0.3) is 5.91 Å². The Morgan fingerprint density at radius 2 is 1.92 bits per heavy atom. The van der Waals surface area contributed by atoms with E-state index in [1.54, 1.807) is 43.3 Å². The molecular formula is C19H20N2O3. The molecule has 2 amide bonds. The van der Waals surface area contributed by atoms with Crippen LogP contribution in [0.25, 0.3) is 0 Å². The molecule has 3 rings (SSSR count). The van der Waals surface area contributed by atoms with Crippen LogP contribution in [0, 0.1) is 0 Å². The summed E-state index contributed by atoms with van der Waals surface area (Å²) in [6, 6.07) is 16.1. The lowest BCUT2D eigenvalue weighted by atomic mass is 10.1. The Morgan fingerprint density at radius 1 is 1.17 bits per heavy atom. The number of amides is 2. The molecule has 0 aliphatic carbocycles. The van der Waals surface area contributed by atoms with Crippen LogP contribution in [0.5, 0.6) is 5.75 Å². The second-order valence-corrected chi connectivity index (χ2v) is 5.78. The van der Waals surface area contributed by atoms with Crippen LogP contribution in [-0.2, 0) is 4.79 Å². The van der Waals surface area contributed by atoms with Gasteiger partial charge in [-0.2, -0.15) is 0 Å². The molecule has 1 saturated heterocycles. The minimum Gasteiger partial charge on any atom is -0.497 e. The second kappa shape index (κ2) is 6.74. The molecule has 0 N–H and O–H groups in total. The van der Waals surface area contributed by atoms with E-state index in [0.29, 0.717) is 24.3 Å². The number of benzene rings is 2. The Morgan fingerprint density at radius 3 is 2.62 bits per heavy atom. The summed E-state index contributed by atoms with van der Waals surface area (Å²) >= 11 is 0. The van der Waals surface area contributed by atoms with Gasteiger partial charge in [-0.05, 0) is 36.8 Å². The molecule has 1 fully saturated rings. The second-order valence-electron chi connectivity index (χ2n) is 5.78. The third kappa shape index (κ3) is 2.97. The van der Waals surface area contributed by atoms with Crippen molar-refractivity contribution in [2.45, 2.75) is 12.5 Å². The molecule has 1 heterocycles. The van der Waals surface area contributed by atoms with Gasteiger partial charge < -0.3 is 14.5 Å². The number of carbonyl (C=O) groups excluding carboxylic acids is 2. The summed E-state index contributed by atoms with van der Waals surface area (Å²) in [6.45, 7) is 0.614. The zero-order chi connectivity index (χ0) is 17.1. The molecule has 0 spiro atoms. The largest absolute Gasteiger partial charge is 0.497 e. The number of hydrogen-bond acceptors (Lipinski definition) is 3. The van der Waals surface area contributed by atoms with Gasteiger partial charge in [0.05, 0.1) is 7.11 Å². The van der Waals surface area contributed by atoms with E-state index in [9.17, 15) is 9.59 Å². The molecule has 124 valence electrons. The van der Waals surface area contributed by atoms with Crippen LogP contribution in [0.15, 0.2) is 54.6 Å². The van der Waals surface area contributed by atoms with E-state index in [-0.39, 0.29) is 11.8 Å². The first-order valence-corrected chi connectivity index (χ1v) is 7.89. The van der Waals surface area contributed by atoms with E-state index < -0.39 is 6.04 Å². The van der Waals surface area contributed by atoms with Gasteiger partial charge in [0.2, 0.25) is 5.91 Å². The summed E-state index contributed by atoms with van der Waals surface area (Å²) in [6.07, 6.45) is 0.625. The fraction of sp³-hybridized carbons (Fsp3) is 0.263. The van der Waals surface area contributed by atoms with Crippen LogP contribution < -0.4 is 9.64 Å². The topological polar surface area (TPSA) is 49.9 Å². The average Bonchev–Trinajstić information content (AvgIpc) is 3.02. The van der Waals surface area contributed by atoms with Crippen molar-refractivity contribution in [1.29, 1.82) is 0 Å². The number of anilines is 1. The summed E-state index contributed by atoms with van der Waals surface area (Å²) in [5, 5.41) is 0. The predicted molar refractivity (Wildman–Crippen MR) is 92.3 cm³/mol. The highest BCUT2D eigenvalue weighted by Gasteiger charge is 2.37. The van der Waals surface area contributed by atoms with E-state index in [2.05, 4.69) is 0 Å². The van der Waals surface area contributed by atoms with Crippen LogP contribution in [0.3, 0.4) is 0 Å². The van der Waals surface area contributed by atoms with Gasteiger partial charge in [-0.25, -0.2) is 0 Å². The van der Waals surface area contributed by atoms with Gasteiger partial charge in [0.1, 0.15) is 11.8 Å². The summed E-state index contributed by atoms with van der Waals surface area (Å²) in [7, 11) is 3.24. The molecule has 1 aliphatic heterocycles. The van der Waals surface area contributed by atoms with Gasteiger partial charge in [0.15, 0.2) is 0 Å². The van der Waals surface area contributed by atoms with Crippen LogP contribution in [-0.4, -0.2) is 43.5 Å². The summed E-state index contributed by atoms with van der Waals surface area (Å²) in [5.41, 5.74) is 1.38. The zero-order valence-electron chi connectivity index (χ0n) is 13.8. The fourth-order valence-electron chi connectivity index (χ4n) is 2.99. The van der Waals surface area contributed by atoms with Gasteiger partial charge >= 0.3 is 0 Å². The number of para-hydroxylation sites is 1. The standard InChI is InChI=1S/C19H20N2O3/c1-20(18(22)14-7-6-10-16(13-14)24-2)17-11-12-21(19(17)23)15-8-4-3-5-9-15/h3-10,13,17H,11-12H2,1-2H3/t17-/m1/s1. The Kier molecular flexibility index (Phi) is 4.51. The van der Waals surface area contributed by atoms with Crippen LogP contribution in [0.4, 0.5) is 5.69 Å². The molecule has 1 aliphatic rings.